The van der Waals surface area contributed by atoms with Crippen LogP contribution in [0.25, 0.3) is 72.6 Å². The van der Waals surface area contributed by atoms with Gasteiger partial charge >= 0.3 is 0 Å². The number of pyridine rings is 2. The van der Waals surface area contributed by atoms with Gasteiger partial charge in [0.2, 0.25) is 0 Å². The minimum Gasteiger partial charge on any atom is -0.501 e. The first-order chi connectivity index (χ1) is 31.7. The number of nitrogens with zero attached hydrogens (tertiary/aromatic N) is 4. The summed E-state index contributed by atoms with van der Waals surface area (Å²) in [6, 6.07) is 55.3. The molecule has 10 rings (SSSR count). The number of hydrogen-bond acceptors (Lipinski definition) is 4. The van der Waals surface area contributed by atoms with Gasteiger partial charge in [0.05, 0.1) is 25.0 Å². The van der Waals surface area contributed by atoms with Crippen LogP contribution in [0, 0.1) is 19.1 Å². The first-order valence-electron chi connectivity index (χ1n) is 23.2. The van der Waals surface area contributed by atoms with E-state index in [9.17, 15) is 0 Å². The van der Waals surface area contributed by atoms with Crippen molar-refractivity contribution in [1.82, 2.24) is 19.5 Å². The molecular formula is C58H54IrN4OSi-2. The molecule has 0 amide bonds. The number of aryl methyl sites for hydroxylation is 1. The second-order valence-electron chi connectivity index (χ2n) is 18.1. The van der Waals surface area contributed by atoms with Gasteiger partial charge in [0, 0.05) is 46.3 Å². The number of hydrogen-bond donors (Lipinski definition) is 0. The van der Waals surface area contributed by atoms with Crippen LogP contribution in [0.2, 0.25) is 19.6 Å². The molecule has 10 aromatic rings. The molecule has 0 aliphatic heterocycles. The van der Waals surface area contributed by atoms with Crippen LogP contribution in [-0.4, -0.2) is 27.6 Å². The molecule has 0 N–H and O–H groups in total. The molecule has 6 aromatic carbocycles. The van der Waals surface area contributed by atoms with Crippen LogP contribution in [0.5, 0.6) is 0 Å². The molecule has 0 aliphatic rings. The Kier molecular flexibility index (Phi) is 12.5. The maximum Gasteiger partial charge on any atom is 0.155 e. The van der Waals surface area contributed by atoms with Crippen molar-refractivity contribution in [2.24, 2.45) is 0 Å². The van der Waals surface area contributed by atoms with Gasteiger partial charge in [0.15, 0.2) is 5.65 Å². The molecule has 1 radical (unpaired) electrons. The Morgan fingerprint density at radius 3 is 2.06 bits per heavy atom. The number of imidazole rings is 1. The van der Waals surface area contributed by atoms with E-state index in [0.29, 0.717) is 5.56 Å². The van der Waals surface area contributed by atoms with Crippen LogP contribution in [0.1, 0.15) is 70.1 Å². The van der Waals surface area contributed by atoms with E-state index < -0.39 is 14.4 Å². The van der Waals surface area contributed by atoms with Crippen molar-refractivity contribution < 1.29 is 27.3 Å². The summed E-state index contributed by atoms with van der Waals surface area (Å²) >= 11 is 0. The fraction of sp³-hybridized carbons (Fsp3) is 0.190. The number of para-hydroxylation sites is 1. The van der Waals surface area contributed by atoms with Crippen LogP contribution >= 0.6 is 0 Å². The Morgan fingerprint density at radius 2 is 1.38 bits per heavy atom. The van der Waals surface area contributed by atoms with Crippen molar-refractivity contribution in [3.63, 3.8) is 0 Å². The number of fused-ring (bicyclic) bond motifs is 4. The average Bonchev–Trinajstić information content (AvgIpc) is 3.91. The molecule has 0 fully saturated rings. The van der Waals surface area contributed by atoms with E-state index in [1.165, 1.54) is 22.3 Å². The minimum atomic E-state index is -1.76. The van der Waals surface area contributed by atoms with Crippen LogP contribution in [-0.2, 0) is 26.5 Å². The molecule has 327 valence electrons. The zero-order valence-corrected chi connectivity index (χ0v) is 41.6. The zero-order chi connectivity index (χ0) is 46.3. The maximum atomic E-state index is 8.84. The predicted octanol–water partition coefficient (Wildman–Crippen LogP) is 14.7. The van der Waals surface area contributed by atoms with Gasteiger partial charge in [-0.25, -0.2) is 4.98 Å². The molecular weight excluding hydrogens is 989 g/mol. The first-order valence-corrected chi connectivity index (χ1v) is 25.7. The van der Waals surface area contributed by atoms with E-state index in [2.05, 4.69) is 131 Å². The van der Waals surface area contributed by atoms with Crippen molar-refractivity contribution >= 4 is 46.4 Å². The van der Waals surface area contributed by atoms with E-state index in [1.54, 1.807) is 0 Å². The Hall–Kier alpha value is -6.24. The molecule has 0 spiro atoms. The summed E-state index contributed by atoms with van der Waals surface area (Å²) in [6.45, 7) is 17.8. The fourth-order valence-electron chi connectivity index (χ4n) is 8.48. The third-order valence-corrected chi connectivity index (χ3v) is 13.8. The minimum absolute atomic E-state index is 0. The summed E-state index contributed by atoms with van der Waals surface area (Å²) in [5.41, 5.74) is 14.5. The Bertz CT molecular complexity index is 3310. The van der Waals surface area contributed by atoms with Crippen LogP contribution in [0.4, 0.5) is 0 Å². The molecule has 0 bridgehead atoms. The SMILES string of the molecule is Cc1ccnc2c1nc(-c1[c-]ccc3c1oc1ccccc13)n2-c1c(C(C)C)cc(-c2ccccc2)cc1C(C)C.[2H]C([2H])(c1ccccc1)c1cc(-c2[c-]cccc2)ncc1[Si](C)(C)C.[Ir]. The molecule has 5 nitrogen and oxygen atoms in total. The molecule has 4 aromatic heterocycles. The van der Waals surface area contributed by atoms with E-state index in [-0.39, 0.29) is 31.9 Å². The topological polar surface area (TPSA) is 56.7 Å². The largest absolute Gasteiger partial charge is 0.501 e. The van der Waals surface area contributed by atoms with Crippen LogP contribution in [0.15, 0.2) is 162 Å². The predicted molar refractivity (Wildman–Crippen MR) is 270 cm³/mol. The van der Waals surface area contributed by atoms with Crippen molar-refractivity contribution in [1.29, 1.82) is 0 Å². The van der Waals surface area contributed by atoms with Crippen molar-refractivity contribution in [3.05, 3.63) is 198 Å². The summed E-state index contributed by atoms with van der Waals surface area (Å²) in [5.74, 6) is 1.34. The van der Waals surface area contributed by atoms with Gasteiger partial charge in [-0.1, -0.05) is 149 Å². The zero-order valence-electron chi connectivity index (χ0n) is 40.2. The van der Waals surface area contributed by atoms with E-state index >= 15 is 0 Å². The van der Waals surface area contributed by atoms with Gasteiger partial charge in [0.1, 0.15) is 5.58 Å². The maximum absolute atomic E-state index is 8.84. The average molecular weight is 1050 g/mol. The quantitative estimate of drug-likeness (QED) is 0.107. The normalized spacial score (nSPS) is 12.3. The molecule has 4 heterocycles. The molecule has 0 saturated carbocycles. The standard InChI is InChI=1S/C37H32N3O.C21H22NSi.Ir/c1-22(2)30-20-26(25-12-7-6-8-13-25)21-31(23(3)4)34(30)40-36(39-33-24(5)18-19-38-37(33)40)29-16-11-15-28-27-14-9-10-17-32(27)41-35(28)29;1-23(2,3)21-16-22-20(18-12-8-5-9-13-18)15-19(21)14-17-10-6-4-7-11-17;/h6-15,17-23H,1-5H3;4-12,15-16H,14H2,1-3H3;/q2*-1;/i;14D2;. The van der Waals surface area contributed by atoms with E-state index in [1.807, 2.05) is 103 Å². The van der Waals surface area contributed by atoms with Gasteiger partial charge in [-0.3, -0.25) is 4.98 Å². The third kappa shape index (κ3) is 9.19. The molecule has 0 saturated heterocycles. The molecule has 7 heteroatoms. The number of benzene rings is 6. The van der Waals surface area contributed by atoms with Crippen molar-refractivity contribution in [2.45, 2.75) is 72.5 Å². The Morgan fingerprint density at radius 1 is 0.708 bits per heavy atom. The Balaban J connectivity index is 0.000000201. The molecule has 65 heavy (non-hydrogen) atoms. The monoisotopic (exact) mass is 1050 g/mol. The summed E-state index contributed by atoms with van der Waals surface area (Å²) in [7, 11) is -1.76. The smallest absolute Gasteiger partial charge is 0.155 e. The third-order valence-electron chi connectivity index (χ3n) is 11.8. The van der Waals surface area contributed by atoms with Crippen molar-refractivity contribution in [3.8, 4) is 39.5 Å². The van der Waals surface area contributed by atoms with Gasteiger partial charge in [-0.2, -0.15) is 0 Å². The summed E-state index contributed by atoms with van der Waals surface area (Å²) in [6.07, 6.45) is 2.19. The van der Waals surface area contributed by atoms with E-state index in [4.69, 9.17) is 17.1 Å². The second kappa shape index (κ2) is 19.1. The first kappa shape index (κ1) is 42.7. The van der Waals surface area contributed by atoms with Crippen LogP contribution in [0.3, 0.4) is 0 Å². The second-order valence-corrected chi connectivity index (χ2v) is 23.1. The number of furan rings is 1. The van der Waals surface area contributed by atoms with Crippen molar-refractivity contribution in [2.75, 3.05) is 0 Å². The Labute approximate surface area is 400 Å². The van der Waals surface area contributed by atoms with Gasteiger partial charge < -0.3 is 14.0 Å². The number of rotatable bonds is 9. The number of aromatic nitrogens is 4. The molecule has 0 atom stereocenters. The van der Waals surface area contributed by atoms with E-state index in [0.717, 1.165) is 77.7 Å². The van der Waals surface area contributed by atoms with Crippen LogP contribution < -0.4 is 5.19 Å². The molecule has 0 aliphatic carbocycles. The van der Waals surface area contributed by atoms with Gasteiger partial charge in [0.25, 0.3) is 0 Å². The fourth-order valence-corrected chi connectivity index (χ4v) is 9.87. The summed E-state index contributed by atoms with van der Waals surface area (Å²) in [5, 5.41) is 3.21. The summed E-state index contributed by atoms with van der Waals surface area (Å²) < 4.78 is 26.4. The summed E-state index contributed by atoms with van der Waals surface area (Å²) in [4.78, 5) is 14.8. The molecule has 0 unspecified atom stereocenters. The van der Waals surface area contributed by atoms with Gasteiger partial charge in [-0.15, -0.1) is 54.1 Å². The van der Waals surface area contributed by atoms with Gasteiger partial charge in [-0.05, 0) is 93.7 Å².